The Balaban J connectivity index is 1.68. The van der Waals surface area contributed by atoms with Gasteiger partial charge in [-0.2, -0.15) is 0 Å². The molecule has 0 saturated heterocycles. The number of methoxy groups -OCH3 is 1. The lowest BCUT2D eigenvalue weighted by Crippen LogP contribution is -2.09. The van der Waals surface area contributed by atoms with Crippen molar-refractivity contribution in [2.45, 2.75) is 39.5 Å². The number of ether oxygens (including phenoxy) is 2. The zero-order chi connectivity index (χ0) is 19.8. The number of nitrogens with one attached hydrogen (secondary N) is 1. The minimum atomic E-state index is 0.442. The van der Waals surface area contributed by atoms with E-state index < -0.39 is 0 Å². The van der Waals surface area contributed by atoms with Crippen LogP contribution in [0.15, 0.2) is 42.5 Å². The number of benzene rings is 2. The molecule has 148 valence electrons. The Hall–Kier alpha value is -2.80. The third-order valence-corrected chi connectivity index (χ3v) is 4.61. The van der Waals surface area contributed by atoms with Crippen LogP contribution in [0.1, 0.15) is 30.9 Å². The summed E-state index contributed by atoms with van der Waals surface area (Å²) in [6, 6.07) is 13.6. The topological polar surface area (TPSA) is 74.1 Å². The molecule has 0 aliphatic heterocycles. The van der Waals surface area contributed by atoms with Gasteiger partial charge in [-0.15, -0.1) is 0 Å². The van der Waals surface area contributed by atoms with Crippen LogP contribution in [-0.4, -0.2) is 27.3 Å². The Morgan fingerprint density at radius 2 is 1.96 bits per heavy atom. The van der Waals surface area contributed by atoms with E-state index in [1.54, 1.807) is 17.9 Å². The van der Waals surface area contributed by atoms with Crippen LogP contribution in [0.3, 0.4) is 0 Å². The molecule has 8 heteroatoms. The van der Waals surface area contributed by atoms with Gasteiger partial charge in [-0.3, -0.25) is 0 Å². The van der Waals surface area contributed by atoms with Crippen LogP contribution < -0.4 is 14.8 Å². The molecule has 1 aromatic heterocycles. The molecule has 7 nitrogen and oxygen atoms in total. The van der Waals surface area contributed by atoms with Gasteiger partial charge in [0.1, 0.15) is 6.61 Å². The molecule has 1 heterocycles. The molecule has 0 fully saturated rings. The molecule has 0 bridgehead atoms. The standard InChI is InChI=1S/C20H24ClN5O2/c1-3-4-10-26-20(23-24-25-26)22-13-16-11-18(27-2)19(12-17(16)21)28-14-15-8-6-5-7-9-15/h5-9,11-12H,3-4,10,13-14H2,1-2H3,(H,22,23,25). The van der Waals surface area contributed by atoms with Gasteiger partial charge in [-0.05, 0) is 34.0 Å². The number of hydrogen-bond acceptors (Lipinski definition) is 6. The first-order valence-electron chi connectivity index (χ1n) is 9.24. The summed E-state index contributed by atoms with van der Waals surface area (Å²) >= 11 is 6.47. The third-order valence-electron chi connectivity index (χ3n) is 4.26. The van der Waals surface area contributed by atoms with Gasteiger partial charge in [0.15, 0.2) is 11.5 Å². The van der Waals surface area contributed by atoms with Gasteiger partial charge in [-0.25, -0.2) is 4.68 Å². The number of hydrogen-bond donors (Lipinski definition) is 1. The van der Waals surface area contributed by atoms with Crippen molar-refractivity contribution >= 4 is 17.5 Å². The van der Waals surface area contributed by atoms with Gasteiger partial charge < -0.3 is 14.8 Å². The van der Waals surface area contributed by atoms with Crippen molar-refractivity contribution in [3.63, 3.8) is 0 Å². The summed E-state index contributed by atoms with van der Waals surface area (Å²) < 4.78 is 13.1. The number of rotatable bonds is 10. The predicted octanol–water partition coefficient (Wildman–Crippen LogP) is 4.33. The molecule has 0 aliphatic rings. The molecule has 0 unspecified atom stereocenters. The summed E-state index contributed by atoms with van der Waals surface area (Å²) in [7, 11) is 1.61. The molecule has 0 saturated carbocycles. The molecule has 28 heavy (non-hydrogen) atoms. The van der Waals surface area contributed by atoms with Gasteiger partial charge in [0.2, 0.25) is 5.95 Å². The lowest BCUT2D eigenvalue weighted by Gasteiger charge is -2.14. The number of aromatic nitrogens is 4. The number of nitrogens with zero attached hydrogens (tertiary/aromatic N) is 4. The van der Waals surface area contributed by atoms with Gasteiger partial charge in [0.05, 0.1) is 7.11 Å². The van der Waals surface area contributed by atoms with Crippen molar-refractivity contribution in [3.8, 4) is 11.5 Å². The van der Waals surface area contributed by atoms with E-state index in [1.165, 1.54) is 0 Å². The summed E-state index contributed by atoms with van der Waals surface area (Å²) in [5, 5.41) is 15.6. The average Bonchev–Trinajstić information content (AvgIpc) is 3.18. The first kappa shape index (κ1) is 19.9. The highest BCUT2D eigenvalue weighted by molar-refractivity contribution is 6.31. The average molecular weight is 402 g/mol. The van der Waals surface area contributed by atoms with Crippen molar-refractivity contribution in [2.75, 3.05) is 12.4 Å². The lowest BCUT2D eigenvalue weighted by atomic mass is 10.2. The van der Waals surface area contributed by atoms with E-state index >= 15 is 0 Å². The Bertz CT molecular complexity index is 886. The summed E-state index contributed by atoms with van der Waals surface area (Å²) in [6.45, 7) is 3.82. The highest BCUT2D eigenvalue weighted by atomic mass is 35.5. The molecule has 0 aliphatic carbocycles. The van der Waals surface area contributed by atoms with Gasteiger partial charge >= 0.3 is 0 Å². The van der Waals surface area contributed by atoms with Crippen molar-refractivity contribution in [3.05, 3.63) is 58.6 Å². The Kier molecular flexibility index (Phi) is 7.08. The Morgan fingerprint density at radius 3 is 2.71 bits per heavy atom. The fourth-order valence-electron chi connectivity index (χ4n) is 2.68. The van der Waals surface area contributed by atoms with Crippen molar-refractivity contribution in [2.24, 2.45) is 0 Å². The number of unbranched alkanes of at least 4 members (excludes halogenated alkanes) is 1. The molecule has 3 aromatic rings. The van der Waals surface area contributed by atoms with E-state index in [0.717, 1.165) is 30.5 Å². The van der Waals surface area contributed by atoms with E-state index in [-0.39, 0.29) is 0 Å². The highest BCUT2D eigenvalue weighted by Gasteiger charge is 2.12. The zero-order valence-electron chi connectivity index (χ0n) is 16.1. The summed E-state index contributed by atoms with van der Waals surface area (Å²) in [5.74, 6) is 1.85. The maximum absolute atomic E-state index is 6.47. The molecule has 2 aromatic carbocycles. The largest absolute Gasteiger partial charge is 0.493 e. The fourth-order valence-corrected chi connectivity index (χ4v) is 2.90. The number of tetrazole rings is 1. The second kappa shape index (κ2) is 9.94. The molecule has 1 N–H and O–H groups in total. The van der Waals surface area contributed by atoms with E-state index in [9.17, 15) is 0 Å². The number of aryl methyl sites for hydroxylation is 1. The Morgan fingerprint density at radius 1 is 1.14 bits per heavy atom. The van der Waals surface area contributed by atoms with E-state index in [2.05, 4.69) is 27.8 Å². The minimum absolute atomic E-state index is 0.442. The van der Waals surface area contributed by atoms with Gasteiger partial charge in [0.25, 0.3) is 0 Å². The highest BCUT2D eigenvalue weighted by Crippen LogP contribution is 2.34. The Labute approximate surface area is 169 Å². The fraction of sp³-hybridized carbons (Fsp3) is 0.350. The smallest absolute Gasteiger partial charge is 0.243 e. The predicted molar refractivity (Wildman–Crippen MR) is 109 cm³/mol. The van der Waals surface area contributed by atoms with Crippen LogP contribution >= 0.6 is 11.6 Å². The summed E-state index contributed by atoms with van der Waals surface area (Å²) in [4.78, 5) is 0. The van der Waals surface area contributed by atoms with E-state index in [1.807, 2.05) is 36.4 Å². The van der Waals surface area contributed by atoms with Crippen molar-refractivity contribution in [1.82, 2.24) is 20.2 Å². The first-order chi connectivity index (χ1) is 13.7. The number of anilines is 1. The summed E-state index contributed by atoms with van der Waals surface area (Å²) in [6.07, 6.45) is 2.09. The van der Waals surface area contributed by atoms with E-state index in [4.69, 9.17) is 21.1 Å². The monoisotopic (exact) mass is 401 g/mol. The maximum Gasteiger partial charge on any atom is 0.243 e. The van der Waals surface area contributed by atoms with Crippen LogP contribution in [0.4, 0.5) is 5.95 Å². The second-order valence-electron chi connectivity index (χ2n) is 6.30. The van der Waals surface area contributed by atoms with Crippen LogP contribution in [0.2, 0.25) is 5.02 Å². The number of halogens is 1. The van der Waals surface area contributed by atoms with Crippen molar-refractivity contribution in [1.29, 1.82) is 0 Å². The van der Waals surface area contributed by atoms with Gasteiger partial charge in [-0.1, -0.05) is 60.4 Å². The second-order valence-corrected chi connectivity index (χ2v) is 6.71. The molecular weight excluding hydrogens is 378 g/mol. The SMILES string of the molecule is CCCCn1nnnc1NCc1cc(OC)c(OCc2ccccc2)cc1Cl. The zero-order valence-corrected chi connectivity index (χ0v) is 16.8. The maximum atomic E-state index is 6.47. The lowest BCUT2D eigenvalue weighted by molar-refractivity contribution is 0.284. The summed E-state index contributed by atoms with van der Waals surface area (Å²) in [5.41, 5.74) is 1.95. The minimum Gasteiger partial charge on any atom is -0.493 e. The van der Waals surface area contributed by atoms with Crippen molar-refractivity contribution < 1.29 is 9.47 Å². The molecular formula is C20H24ClN5O2. The van der Waals surface area contributed by atoms with Crippen LogP contribution in [-0.2, 0) is 19.7 Å². The van der Waals surface area contributed by atoms with E-state index in [0.29, 0.717) is 35.6 Å². The third kappa shape index (κ3) is 5.13. The van der Waals surface area contributed by atoms with Crippen LogP contribution in [0.5, 0.6) is 11.5 Å². The van der Waals surface area contributed by atoms with Crippen LogP contribution in [0, 0.1) is 0 Å². The molecule has 0 radical (unpaired) electrons. The normalized spacial score (nSPS) is 10.7. The first-order valence-corrected chi connectivity index (χ1v) is 9.62. The molecule has 0 spiro atoms. The molecule has 0 amide bonds. The molecule has 0 atom stereocenters. The molecule has 3 rings (SSSR count). The quantitative estimate of drug-likeness (QED) is 0.545. The van der Waals surface area contributed by atoms with Crippen LogP contribution in [0.25, 0.3) is 0 Å². The van der Waals surface area contributed by atoms with Gasteiger partial charge in [0, 0.05) is 24.2 Å².